The summed E-state index contributed by atoms with van der Waals surface area (Å²) in [6.07, 6.45) is 0. The summed E-state index contributed by atoms with van der Waals surface area (Å²) in [5.74, 6) is -1.09. The maximum atomic E-state index is 15.5. The van der Waals surface area contributed by atoms with Gasteiger partial charge in [-0.1, -0.05) is 30.3 Å². The number of aliphatic imine (C=N–C) groups is 1. The predicted molar refractivity (Wildman–Crippen MR) is 146 cm³/mol. The van der Waals surface area contributed by atoms with Crippen molar-refractivity contribution in [3.05, 3.63) is 89.4 Å². The minimum absolute atomic E-state index is 0.0696. The van der Waals surface area contributed by atoms with Gasteiger partial charge in [-0.2, -0.15) is 0 Å². The maximum absolute atomic E-state index is 15.5. The van der Waals surface area contributed by atoms with E-state index in [1.807, 2.05) is 25.7 Å². The maximum Gasteiger partial charge on any atom is 0.283 e. The Kier molecular flexibility index (Phi) is 5.94. The summed E-state index contributed by atoms with van der Waals surface area (Å²) in [6, 6.07) is 14.1. The highest BCUT2D eigenvalue weighted by molar-refractivity contribution is 6.18. The number of nitrogens with zero attached hydrogens (tertiary/aromatic N) is 5. The Hall–Kier alpha value is -4.60. The Morgan fingerprint density at radius 1 is 0.950 bits per heavy atom. The lowest BCUT2D eigenvalue weighted by atomic mass is 10.0. The molecule has 204 valence electrons. The van der Waals surface area contributed by atoms with Gasteiger partial charge in [0.15, 0.2) is 5.69 Å². The molecule has 40 heavy (non-hydrogen) atoms. The van der Waals surface area contributed by atoms with Crippen LogP contribution in [0.15, 0.2) is 65.7 Å². The fraction of sp³-hybridized carbons (Fsp3) is 0.233. The van der Waals surface area contributed by atoms with Crippen LogP contribution in [-0.4, -0.2) is 50.1 Å². The van der Waals surface area contributed by atoms with Gasteiger partial charge in [0, 0.05) is 29.3 Å². The summed E-state index contributed by atoms with van der Waals surface area (Å²) in [5.41, 5.74) is 1.11. The van der Waals surface area contributed by atoms with Crippen LogP contribution in [0.1, 0.15) is 36.8 Å². The van der Waals surface area contributed by atoms with Gasteiger partial charge >= 0.3 is 0 Å². The molecule has 2 aliphatic heterocycles. The second kappa shape index (κ2) is 9.25. The number of phenols is 1. The van der Waals surface area contributed by atoms with Gasteiger partial charge in [-0.25, -0.2) is 23.1 Å². The molecule has 0 atom stereocenters. The molecule has 1 aromatic heterocycles. The molecule has 0 radical (unpaired) electrons. The molecular weight excluding hydrogens is 519 g/mol. The number of phenolic OH excluding ortho intramolecular Hbond substituents is 1. The Morgan fingerprint density at radius 3 is 2.35 bits per heavy atom. The van der Waals surface area contributed by atoms with E-state index in [1.54, 1.807) is 33.7 Å². The Morgan fingerprint density at radius 2 is 1.68 bits per heavy atom. The molecule has 4 aromatic rings. The minimum atomic E-state index is -0.741. The third kappa shape index (κ3) is 4.20. The van der Waals surface area contributed by atoms with Crippen LogP contribution in [0, 0.1) is 17.5 Å². The number of hydrogen-bond donors (Lipinski definition) is 1. The van der Waals surface area contributed by atoms with Gasteiger partial charge in [0.1, 0.15) is 34.8 Å². The van der Waals surface area contributed by atoms with Crippen molar-refractivity contribution in [2.45, 2.75) is 32.9 Å². The zero-order chi connectivity index (χ0) is 28.3. The van der Waals surface area contributed by atoms with Gasteiger partial charge in [-0.05, 0) is 50.6 Å². The van der Waals surface area contributed by atoms with Crippen molar-refractivity contribution in [1.29, 1.82) is 0 Å². The summed E-state index contributed by atoms with van der Waals surface area (Å²) in [5, 5.41) is 9.59. The number of rotatable bonds is 5. The Bertz CT molecular complexity index is 1690. The van der Waals surface area contributed by atoms with Gasteiger partial charge in [0.25, 0.3) is 5.91 Å². The molecule has 10 heteroatoms. The summed E-state index contributed by atoms with van der Waals surface area (Å²) in [4.78, 5) is 26.5. The van der Waals surface area contributed by atoms with E-state index in [0.29, 0.717) is 41.6 Å². The summed E-state index contributed by atoms with van der Waals surface area (Å²) >= 11 is 0. The van der Waals surface area contributed by atoms with Crippen molar-refractivity contribution >= 4 is 17.7 Å². The van der Waals surface area contributed by atoms with Crippen LogP contribution in [0.4, 0.5) is 19.0 Å². The van der Waals surface area contributed by atoms with E-state index >= 15 is 4.39 Å². The van der Waals surface area contributed by atoms with Crippen LogP contribution in [0.3, 0.4) is 0 Å². The number of carbonyl (C=O) groups is 1. The highest BCUT2D eigenvalue weighted by Gasteiger charge is 2.45. The topological polar surface area (TPSA) is 74.0 Å². The second-order valence-corrected chi connectivity index (χ2v) is 10.5. The molecule has 0 saturated carbocycles. The number of hydrogen-bond acceptors (Lipinski definition) is 5. The van der Waals surface area contributed by atoms with Crippen LogP contribution in [0.2, 0.25) is 0 Å². The molecule has 6 rings (SSSR count). The summed E-state index contributed by atoms with van der Waals surface area (Å²) < 4.78 is 45.7. The number of guanidine groups is 1. The average molecular weight is 546 g/mol. The Labute approximate surface area is 228 Å². The van der Waals surface area contributed by atoms with Crippen molar-refractivity contribution in [1.82, 2.24) is 14.5 Å². The first-order valence-electron chi connectivity index (χ1n) is 12.9. The zero-order valence-corrected chi connectivity index (χ0v) is 22.1. The number of carbonyl (C=O) groups excluding carboxylic acids is 1. The minimum Gasteiger partial charge on any atom is -0.508 e. The molecule has 0 fully saturated rings. The quantitative estimate of drug-likeness (QED) is 0.343. The number of amides is 1. The highest BCUT2D eigenvalue weighted by atomic mass is 19.1. The first-order valence-corrected chi connectivity index (χ1v) is 12.9. The van der Waals surface area contributed by atoms with Crippen LogP contribution in [-0.2, 0) is 6.54 Å². The number of aromatic hydroxyl groups is 1. The number of imidazole rings is 1. The third-order valence-corrected chi connectivity index (χ3v) is 7.14. The lowest BCUT2D eigenvalue weighted by molar-refractivity contribution is 0.0841. The molecular formula is C30H26F3N5O2. The Balaban J connectivity index is 1.54. The lowest BCUT2D eigenvalue weighted by Gasteiger charge is -2.34. The van der Waals surface area contributed by atoms with E-state index in [-0.39, 0.29) is 35.3 Å². The first-order chi connectivity index (χ1) is 19.1. The predicted octanol–water partition coefficient (Wildman–Crippen LogP) is 5.82. The van der Waals surface area contributed by atoms with Gasteiger partial charge in [0.05, 0.1) is 18.6 Å². The van der Waals surface area contributed by atoms with Gasteiger partial charge < -0.3 is 9.67 Å². The van der Waals surface area contributed by atoms with E-state index in [1.165, 1.54) is 30.3 Å². The van der Waals surface area contributed by atoms with E-state index in [0.717, 1.165) is 6.07 Å². The molecule has 0 spiro atoms. The van der Waals surface area contributed by atoms with Gasteiger partial charge in [-0.15, -0.1) is 0 Å². The second-order valence-electron chi connectivity index (χ2n) is 10.5. The number of aromatic nitrogens is 2. The highest BCUT2D eigenvalue weighted by Crippen LogP contribution is 2.39. The van der Waals surface area contributed by atoms with Gasteiger partial charge in [0.2, 0.25) is 5.96 Å². The number of fused-ring (bicyclic) bond motifs is 3. The monoisotopic (exact) mass is 545 g/mol. The number of anilines is 1. The van der Waals surface area contributed by atoms with Crippen LogP contribution in [0.5, 0.6) is 5.75 Å². The lowest BCUT2D eigenvalue weighted by Crippen LogP contribution is -2.51. The van der Waals surface area contributed by atoms with Crippen molar-refractivity contribution < 1.29 is 23.1 Å². The first kappa shape index (κ1) is 25.7. The van der Waals surface area contributed by atoms with Crippen molar-refractivity contribution in [2.75, 3.05) is 18.0 Å². The van der Waals surface area contributed by atoms with Crippen LogP contribution >= 0.6 is 0 Å². The third-order valence-electron chi connectivity index (χ3n) is 7.14. The van der Waals surface area contributed by atoms with Crippen LogP contribution in [0.25, 0.3) is 22.5 Å². The van der Waals surface area contributed by atoms with Crippen molar-refractivity contribution in [3.8, 4) is 28.3 Å². The summed E-state index contributed by atoms with van der Waals surface area (Å²) in [6.45, 7) is 6.50. The number of halogens is 3. The largest absolute Gasteiger partial charge is 0.508 e. The van der Waals surface area contributed by atoms with Gasteiger partial charge in [-0.3, -0.25) is 14.6 Å². The molecule has 0 unspecified atom stereocenters. The SMILES string of the molecule is CCN1C(=O)c2nc(-c3ccc(-c4ccc(O)cc4)c(F)c3)n(Cc3ccc(F)cc3F)c2N2CC(C)(C)N=C12. The van der Waals surface area contributed by atoms with E-state index < -0.39 is 23.0 Å². The van der Waals surface area contributed by atoms with Crippen molar-refractivity contribution in [3.63, 3.8) is 0 Å². The molecule has 1 amide bonds. The molecule has 0 bridgehead atoms. The van der Waals surface area contributed by atoms with E-state index in [2.05, 4.69) is 4.98 Å². The normalized spacial score (nSPS) is 15.8. The molecule has 2 aliphatic rings. The molecule has 3 aromatic carbocycles. The smallest absolute Gasteiger partial charge is 0.283 e. The molecule has 0 saturated heterocycles. The van der Waals surface area contributed by atoms with E-state index in [4.69, 9.17) is 4.99 Å². The fourth-order valence-corrected chi connectivity index (χ4v) is 5.28. The molecule has 7 nitrogen and oxygen atoms in total. The zero-order valence-electron chi connectivity index (χ0n) is 22.1. The standard InChI is InChI=1S/C30H26F3N5O2/c1-4-36-28(40)25-27(38-16-30(2,3)35-29(36)38)37(15-19-5-9-20(31)14-23(19)32)26(34-25)18-8-12-22(24(33)13-18)17-6-10-21(39)11-7-17/h5-14,39H,4,15-16H2,1-3H3. The molecule has 0 aliphatic carbocycles. The van der Waals surface area contributed by atoms with Crippen molar-refractivity contribution in [2.24, 2.45) is 4.99 Å². The van der Waals surface area contributed by atoms with Crippen LogP contribution < -0.4 is 4.90 Å². The molecule has 3 heterocycles. The number of benzene rings is 3. The van der Waals surface area contributed by atoms with E-state index in [9.17, 15) is 18.7 Å². The average Bonchev–Trinajstić information content (AvgIpc) is 3.43. The summed E-state index contributed by atoms with van der Waals surface area (Å²) in [7, 11) is 0. The fourth-order valence-electron chi connectivity index (χ4n) is 5.28. The molecule has 1 N–H and O–H groups in total.